The minimum atomic E-state index is 0.622. The molecule has 4 aromatic carbocycles. The number of aromatic nitrogens is 1. The molecule has 3 heterocycles. The predicted octanol–water partition coefficient (Wildman–Crippen LogP) is 8.01. The summed E-state index contributed by atoms with van der Waals surface area (Å²) < 4.78 is 8.98. The number of fused-ring (bicyclic) bond motifs is 4. The predicted molar refractivity (Wildman–Crippen MR) is 157 cm³/mol. The van der Waals surface area contributed by atoms with Crippen LogP contribution in [0.1, 0.15) is 23.1 Å². The van der Waals surface area contributed by atoms with E-state index in [1.807, 2.05) is 18.2 Å². The van der Waals surface area contributed by atoms with Crippen molar-refractivity contribution in [3.63, 3.8) is 0 Å². The van der Waals surface area contributed by atoms with Crippen LogP contribution in [0.15, 0.2) is 102 Å². The molecule has 7 rings (SSSR count). The van der Waals surface area contributed by atoms with Crippen LogP contribution >= 0.6 is 0 Å². The number of rotatable bonds is 3. The Hall–Kier alpha value is -4.88. The van der Waals surface area contributed by atoms with Crippen LogP contribution < -0.4 is 9.47 Å². The fraction of sp³-hybridized carbons (Fsp3) is 0.143. The second kappa shape index (κ2) is 9.15. The molecule has 0 amide bonds. The Morgan fingerprint density at radius 2 is 1.59 bits per heavy atom. The van der Waals surface area contributed by atoms with Crippen molar-refractivity contribution >= 4 is 33.3 Å². The molecule has 2 aromatic heterocycles. The van der Waals surface area contributed by atoms with Gasteiger partial charge in [0.25, 0.3) is 0 Å². The molecule has 0 aliphatic carbocycles. The van der Waals surface area contributed by atoms with E-state index >= 15 is 0 Å². The molecule has 0 atom stereocenters. The van der Waals surface area contributed by atoms with Crippen LogP contribution in [0.3, 0.4) is 0 Å². The highest BCUT2D eigenvalue weighted by Gasteiger charge is 2.27. The molecule has 6 aromatic rings. The molecule has 0 saturated heterocycles. The van der Waals surface area contributed by atoms with Gasteiger partial charge in [0.1, 0.15) is 18.2 Å². The van der Waals surface area contributed by atoms with Crippen LogP contribution in [0.5, 0.6) is 0 Å². The van der Waals surface area contributed by atoms with E-state index in [9.17, 15) is 5.26 Å². The summed E-state index contributed by atoms with van der Waals surface area (Å²) in [6.07, 6.45) is 4.16. The number of para-hydroxylation sites is 2. The van der Waals surface area contributed by atoms with E-state index in [0.717, 1.165) is 75.0 Å². The number of benzene rings is 4. The van der Waals surface area contributed by atoms with Crippen molar-refractivity contribution in [2.24, 2.45) is 7.05 Å². The summed E-state index contributed by atoms with van der Waals surface area (Å²) in [4.78, 5) is 2.40. The summed E-state index contributed by atoms with van der Waals surface area (Å²) in [6, 6.07) is 34.0. The lowest BCUT2D eigenvalue weighted by molar-refractivity contribution is -0.660. The normalized spacial score (nSPS) is 13.0. The smallest absolute Gasteiger partial charge is 0.216 e. The van der Waals surface area contributed by atoms with E-state index < -0.39 is 0 Å². The first-order valence-corrected chi connectivity index (χ1v) is 13.4. The van der Waals surface area contributed by atoms with E-state index in [4.69, 9.17) is 4.42 Å². The Morgan fingerprint density at radius 3 is 2.38 bits per heavy atom. The fourth-order valence-corrected chi connectivity index (χ4v) is 6.18. The molecule has 0 unspecified atom stereocenters. The van der Waals surface area contributed by atoms with Gasteiger partial charge in [-0.15, -0.1) is 0 Å². The van der Waals surface area contributed by atoms with Crippen molar-refractivity contribution < 1.29 is 8.98 Å². The topological polar surface area (TPSA) is 44.1 Å². The van der Waals surface area contributed by atoms with Gasteiger partial charge in [-0.05, 0) is 61.2 Å². The Bertz CT molecular complexity index is 1930. The number of anilines is 2. The van der Waals surface area contributed by atoms with Crippen LogP contribution in [-0.2, 0) is 13.5 Å². The van der Waals surface area contributed by atoms with Crippen molar-refractivity contribution in [1.82, 2.24) is 0 Å². The van der Waals surface area contributed by atoms with Crippen LogP contribution in [0.4, 0.5) is 11.4 Å². The lowest BCUT2D eigenvalue weighted by Gasteiger charge is -2.33. The van der Waals surface area contributed by atoms with E-state index in [2.05, 4.69) is 109 Å². The highest BCUT2D eigenvalue weighted by atomic mass is 16.3. The van der Waals surface area contributed by atoms with Gasteiger partial charge in [-0.25, -0.2) is 4.57 Å². The average Bonchev–Trinajstić information content (AvgIpc) is 3.35. The molecule has 0 N–H and O–H groups in total. The highest BCUT2D eigenvalue weighted by Crippen LogP contribution is 2.47. The quantitative estimate of drug-likeness (QED) is 0.228. The van der Waals surface area contributed by atoms with Crippen molar-refractivity contribution in [2.45, 2.75) is 19.8 Å². The number of pyridine rings is 1. The molecule has 0 saturated carbocycles. The van der Waals surface area contributed by atoms with Gasteiger partial charge in [0, 0.05) is 46.3 Å². The molecular formula is C35H28N3O+. The number of hydrogen-bond donors (Lipinski definition) is 0. The van der Waals surface area contributed by atoms with Crippen LogP contribution in [0.25, 0.3) is 44.3 Å². The second-order valence-electron chi connectivity index (χ2n) is 10.3. The van der Waals surface area contributed by atoms with Crippen molar-refractivity contribution in [2.75, 3.05) is 11.4 Å². The van der Waals surface area contributed by atoms with Crippen molar-refractivity contribution in [3.8, 4) is 28.5 Å². The first kappa shape index (κ1) is 23.3. The lowest BCUT2D eigenvalue weighted by Crippen LogP contribution is -2.30. The van der Waals surface area contributed by atoms with Gasteiger partial charge in [0.2, 0.25) is 5.69 Å². The molecule has 0 spiro atoms. The number of nitriles is 1. The molecule has 0 bridgehead atoms. The summed E-state index contributed by atoms with van der Waals surface area (Å²) in [7, 11) is 2.06. The van der Waals surface area contributed by atoms with Crippen molar-refractivity contribution in [1.29, 1.82) is 5.26 Å². The molecule has 39 heavy (non-hydrogen) atoms. The zero-order valence-corrected chi connectivity index (χ0v) is 22.1. The largest absolute Gasteiger partial charge is 0.454 e. The maximum Gasteiger partial charge on any atom is 0.216 e. The van der Waals surface area contributed by atoms with E-state index in [0.29, 0.717) is 5.56 Å². The number of nitrogens with zero attached hydrogens (tertiary/aromatic N) is 3. The number of furan rings is 1. The van der Waals surface area contributed by atoms with Crippen LogP contribution in [0.2, 0.25) is 0 Å². The third-order valence-corrected chi connectivity index (χ3v) is 8.00. The van der Waals surface area contributed by atoms with Crippen LogP contribution in [0, 0.1) is 18.3 Å². The first-order chi connectivity index (χ1) is 19.2. The first-order valence-electron chi connectivity index (χ1n) is 13.4. The summed E-state index contributed by atoms with van der Waals surface area (Å²) in [5.74, 6) is 0. The maximum atomic E-state index is 10.3. The average molecular weight is 507 g/mol. The zero-order valence-electron chi connectivity index (χ0n) is 22.1. The number of hydrogen-bond acceptors (Lipinski definition) is 3. The maximum absolute atomic E-state index is 10.3. The SMILES string of the molecule is Cc1ccc2c(oc3c(-c4cccc5c4N(c4ccccc4)CCC5)c(C#N)ccc32)c1-c1cccc[n+]1C. The third-order valence-electron chi connectivity index (χ3n) is 8.00. The molecule has 4 heteroatoms. The van der Waals surface area contributed by atoms with Gasteiger partial charge in [0.15, 0.2) is 6.20 Å². The molecular weight excluding hydrogens is 478 g/mol. The summed E-state index contributed by atoms with van der Waals surface area (Å²) in [6.45, 7) is 3.06. The zero-order chi connectivity index (χ0) is 26.5. The molecule has 188 valence electrons. The van der Waals surface area contributed by atoms with Gasteiger partial charge in [-0.2, -0.15) is 5.26 Å². The fourth-order valence-electron chi connectivity index (χ4n) is 6.18. The van der Waals surface area contributed by atoms with Crippen LogP contribution in [-0.4, -0.2) is 6.54 Å². The standard InChI is InChI=1S/C35H28N3O/c1-23-16-18-27-28-19-17-25(22-36)32(35(28)39-34(27)31(23)30-15-6-7-20-37(30)2)29-14-8-10-24-11-9-21-38(33(24)29)26-12-4-3-5-13-26/h3-8,10,12-20H,9,11,21H2,1-2H3/q+1. The second-order valence-corrected chi connectivity index (χ2v) is 10.3. The summed E-state index contributed by atoms with van der Waals surface area (Å²) >= 11 is 0. The van der Waals surface area contributed by atoms with E-state index in [1.54, 1.807) is 0 Å². The molecule has 1 aliphatic rings. The Morgan fingerprint density at radius 1 is 0.821 bits per heavy atom. The van der Waals surface area contributed by atoms with Gasteiger partial charge < -0.3 is 9.32 Å². The molecule has 1 aliphatic heterocycles. The van der Waals surface area contributed by atoms with E-state index in [1.165, 1.54) is 11.3 Å². The van der Waals surface area contributed by atoms with Gasteiger partial charge in [-0.3, -0.25) is 0 Å². The number of aryl methyl sites for hydroxylation is 3. The third kappa shape index (κ3) is 3.62. The summed E-state index contributed by atoms with van der Waals surface area (Å²) in [5.41, 5.74) is 11.1. The molecule has 4 nitrogen and oxygen atoms in total. The minimum Gasteiger partial charge on any atom is -0.454 e. The molecule has 0 fully saturated rings. The monoisotopic (exact) mass is 506 g/mol. The van der Waals surface area contributed by atoms with Gasteiger partial charge in [0.05, 0.1) is 22.9 Å². The van der Waals surface area contributed by atoms with Gasteiger partial charge >= 0.3 is 0 Å². The summed E-state index contributed by atoms with van der Waals surface area (Å²) in [5, 5.41) is 12.4. The molecule has 0 radical (unpaired) electrons. The lowest BCUT2D eigenvalue weighted by atomic mass is 9.90. The van der Waals surface area contributed by atoms with Crippen molar-refractivity contribution in [3.05, 3.63) is 114 Å². The minimum absolute atomic E-state index is 0.622. The Balaban J connectivity index is 1.56. The Kier molecular flexibility index (Phi) is 5.45. The van der Waals surface area contributed by atoms with E-state index in [-0.39, 0.29) is 0 Å². The Labute approximate surface area is 228 Å². The highest BCUT2D eigenvalue weighted by molar-refractivity contribution is 6.14. The van der Waals surface area contributed by atoms with Gasteiger partial charge in [-0.1, -0.05) is 48.5 Å².